The SMILES string of the molecule is COC(=O)[C@@H]1C[C@@H](O)CN1C(=O)OC(C)(C)C.COC(=O)[C@@H]1C[C@@H](O[Si](C)(C)C(C)(C)C)C(=O)N1C(=O)OC(C)(C)C.COC(=O)[C@@H]1C[C@@H](O[Si](C)(C)C(C)(C)C)CN1C(=O)OC(C)(C)C. The third kappa shape index (κ3) is 17.7. The molecule has 3 saturated heterocycles. The number of rotatable bonds is 7. The first-order chi connectivity index (χ1) is 29.5. The van der Waals surface area contributed by atoms with E-state index < -0.39 is 106 Å². The molecular weight excluding hydrogens is 895 g/mol. The molecule has 0 saturated carbocycles. The number of methoxy groups -OCH3 is 3. The minimum absolute atomic E-state index is 0.0626. The van der Waals surface area contributed by atoms with Gasteiger partial charge in [0.2, 0.25) is 0 Å². The van der Waals surface area contributed by atoms with E-state index in [2.05, 4.69) is 59.4 Å². The molecule has 0 aromatic rings. The van der Waals surface area contributed by atoms with E-state index in [1.807, 2.05) is 13.1 Å². The number of aliphatic hydroxyl groups excluding tert-OH is 1. The summed E-state index contributed by atoms with van der Waals surface area (Å²) in [6.45, 7) is 37.2. The lowest BCUT2D eigenvalue weighted by Crippen LogP contribution is -2.48. The van der Waals surface area contributed by atoms with E-state index >= 15 is 0 Å². The van der Waals surface area contributed by atoms with Gasteiger partial charge in [0.25, 0.3) is 5.91 Å². The van der Waals surface area contributed by atoms with Crippen molar-refractivity contribution in [1.29, 1.82) is 0 Å². The van der Waals surface area contributed by atoms with E-state index in [1.54, 1.807) is 62.3 Å². The molecule has 0 spiro atoms. The number of amides is 4. The van der Waals surface area contributed by atoms with Gasteiger partial charge in [-0.3, -0.25) is 14.6 Å². The lowest BCUT2D eigenvalue weighted by Gasteiger charge is -2.38. The Balaban J connectivity index is 0.000000504. The fourth-order valence-corrected chi connectivity index (χ4v) is 8.89. The second-order valence-corrected chi connectivity index (χ2v) is 32.3. The molecule has 0 unspecified atom stereocenters. The van der Waals surface area contributed by atoms with Crippen LogP contribution in [0, 0.1) is 0 Å². The second kappa shape index (κ2) is 22.5. The summed E-state index contributed by atoms with van der Waals surface area (Å²) in [7, 11) is -0.430. The third-order valence-corrected chi connectivity index (χ3v) is 20.6. The highest BCUT2D eigenvalue weighted by molar-refractivity contribution is 6.74. The molecule has 3 rings (SSSR count). The molecule has 0 aliphatic carbocycles. The van der Waals surface area contributed by atoms with Gasteiger partial charge >= 0.3 is 36.2 Å². The van der Waals surface area contributed by atoms with Crippen LogP contribution in [0.25, 0.3) is 0 Å². The molecule has 0 radical (unpaired) electrons. The van der Waals surface area contributed by atoms with Crippen LogP contribution in [0.5, 0.6) is 0 Å². The summed E-state index contributed by atoms with van der Waals surface area (Å²) in [6, 6.07) is -2.44. The Labute approximate surface area is 395 Å². The number of aliphatic hydroxyl groups is 1. The van der Waals surface area contributed by atoms with Crippen LogP contribution in [-0.2, 0) is 56.5 Å². The fraction of sp³-hybridized carbons (Fsp3) is 0.844. The molecular formula is C45H83N3O16Si2. The monoisotopic (exact) mass is 978 g/mol. The van der Waals surface area contributed by atoms with Gasteiger partial charge in [-0.25, -0.2) is 33.7 Å². The molecule has 0 aromatic carbocycles. The van der Waals surface area contributed by atoms with Crippen molar-refractivity contribution < 1.29 is 75.9 Å². The molecule has 21 heteroatoms. The number of imide groups is 1. The first-order valence-corrected chi connectivity index (χ1v) is 28.2. The number of hydrogen-bond donors (Lipinski definition) is 1. The zero-order chi connectivity index (χ0) is 51.9. The van der Waals surface area contributed by atoms with Crippen LogP contribution in [0.1, 0.15) is 123 Å². The van der Waals surface area contributed by atoms with Gasteiger partial charge < -0.3 is 42.4 Å². The molecule has 0 aromatic heterocycles. The molecule has 1 N–H and O–H groups in total. The molecule has 3 heterocycles. The number of esters is 3. The Morgan fingerprint density at radius 1 is 0.515 bits per heavy atom. The predicted molar refractivity (Wildman–Crippen MR) is 250 cm³/mol. The van der Waals surface area contributed by atoms with Gasteiger partial charge in [0.05, 0.1) is 40.1 Å². The molecule has 3 aliphatic heterocycles. The van der Waals surface area contributed by atoms with Crippen molar-refractivity contribution in [3.63, 3.8) is 0 Å². The van der Waals surface area contributed by atoms with Crippen molar-refractivity contribution in [2.45, 2.75) is 213 Å². The van der Waals surface area contributed by atoms with E-state index in [-0.39, 0.29) is 35.6 Å². The maximum Gasteiger partial charge on any atom is 0.417 e. The summed E-state index contributed by atoms with van der Waals surface area (Å²) in [6.07, 6.45) is -2.99. The number of ether oxygens (including phenoxy) is 6. The molecule has 0 bridgehead atoms. The van der Waals surface area contributed by atoms with Gasteiger partial charge in [0.15, 0.2) is 16.6 Å². The predicted octanol–water partition coefficient (Wildman–Crippen LogP) is 7.17. The van der Waals surface area contributed by atoms with E-state index in [4.69, 9.17) is 32.5 Å². The van der Waals surface area contributed by atoms with E-state index in [0.717, 1.165) is 4.90 Å². The number of nitrogens with zero attached hydrogens (tertiary/aromatic N) is 3. The van der Waals surface area contributed by atoms with Gasteiger partial charge in [0, 0.05) is 25.8 Å². The lowest BCUT2D eigenvalue weighted by molar-refractivity contribution is -0.149. The largest absolute Gasteiger partial charge is 0.467 e. The van der Waals surface area contributed by atoms with Crippen molar-refractivity contribution in [3.8, 4) is 0 Å². The van der Waals surface area contributed by atoms with Gasteiger partial charge in [-0.05, 0) is 98.6 Å². The van der Waals surface area contributed by atoms with Crippen LogP contribution < -0.4 is 0 Å². The van der Waals surface area contributed by atoms with E-state index in [9.17, 15) is 38.7 Å². The van der Waals surface area contributed by atoms with Gasteiger partial charge in [-0.2, -0.15) is 0 Å². The average molecular weight is 978 g/mol. The average Bonchev–Trinajstić information content (AvgIpc) is 3.82. The Morgan fingerprint density at radius 3 is 1.24 bits per heavy atom. The summed E-state index contributed by atoms with van der Waals surface area (Å²) in [5.41, 5.74) is -2.03. The standard InChI is InChI=1S/C17H31NO6Si.C17H33NO5Si.C11H19NO5/c1-16(2,3)23-15(21)18-11(14(20)22-7)10-12(13(18)19)24-25(8,9)17(4,5)6;1-16(2,3)22-15(20)18-11-12(10-13(18)14(19)21-7)23-24(8,9)17(4,5)6;1-11(2,3)17-10(15)12-6-7(13)5-8(12)9(14)16-4/h11-12H,10H2,1-9H3;12-13H,10-11H2,1-9H3;7-8,13H,5-6H2,1-4H3/t11-,12+;12-,13+;7-,8+/m011/s1. The van der Waals surface area contributed by atoms with Crippen LogP contribution >= 0.6 is 0 Å². The van der Waals surface area contributed by atoms with Crippen LogP contribution in [0.3, 0.4) is 0 Å². The molecule has 66 heavy (non-hydrogen) atoms. The molecule has 382 valence electrons. The Hall–Kier alpha value is -3.80. The maximum absolute atomic E-state index is 12.8. The number of carbonyl (C=O) groups is 7. The second-order valence-electron chi connectivity index (χ2n) is 22.8. The number of likely N-dealkylation sites (tertiary alicyclic amines) is 3. The van der Waals surface area contributed by atoms with Crippen molar-refractivity contribution in [1.82, 2.24) is 14.7 Å². The van der Waals surface area contributed by atoms with Crippen molar-refractivity contribution in [2.24, 2.45) is 0 Å². The number of β-amino-alcohol motifs (C(OH)–C–C–N with tert-alkyl or cyclic N) is 1. The van der Waals surface area contributed by atoms with Gasteiger partial charge in [-0.1, -0.05) is 41.5 Å². The van der Waals surface area contributed by atoms with Gasteiger partial charge in [0.1, 0.15) is 41.0 Å². The maximum atomic E-state index is 12.8. The minimum Gasteiger partial charge on any atom is -0.467 e. The summed E-state index contributed by atoms with van der Waals surface area (Å²) >= 11 is 0. The fourth-order valence-electron chi connectivity index (χ4n) is 6.27. The van der Waals surface area contributed by atoms with Crippen molar-refractivity contribution >= 4 is 58.7 Å². The molecule has 3 fully saturated rings. The Kier molecular flexibility index (Phi) is 20.6. The van der Waals surface area contributed by atoms with Crippen molar-refractivity contribution in [3.05, 3.63) is 0 Å². The zero-order valence-electron chi connectivity index (χ0n) is 43.9. The first kappa shape index (κ1) is 60.2. The van der Waals surface area contributed by atoms with Crippen molar-refractivity contribution in [2.75, 3.05) is 34.4 Å². The highest BCUT2D eigenvalue weighted by atomic mass is 28.4. The summed E-state index contributed by atoms with van der Waals surface area (Å²) in [5, 5.41) is 9.46. The van der Waals surface area contributed by atoms with Crippen LogP contribution in [0.4, 0.5) is 14.4 Å². The number of carbonyl (C=O) groups excluding carboxylic acids is 7. The van der Waals surface area contributed by atoms with Crippen LogP contribution in [-0.4, -0.2) is 166 Å². The van der Waals surface area contributed by atoms with E-state index in [0.29, 0.717) is 13.0 Å². The minimum atomic E-state index is -2.25. The number of hydrogen-bond acceptors (Lipinski definition) is 16. The van der Waals surface area contributed by atoms with Gasteiger partial charge in [-0.15, -0.1) is 0 Å². The molecule has 19 nitrogen and oxygen atoms in total. The van der Waals surface area contributed by atoms with Crippen LogP contribution in [0.2, 0.25) is 36.3 Å². The highest BCUT2D eigenvalue weighted by Gasteiger charge is 2.53. The molecule has 3 aliphatic rings. The Bertz CT molecular complexity index is 1720. The molecule has 6 atom stereocenters. The van der Waals surface area contributed by atoms with Crippen LogP contribution in [0.15, 0.2) is 0 Å². The highest BCUT2D eigenvalue weighted by Crippen LogP contribution is 2.41. The topological polar surface area (TPSA) is 223 Å². The lowest BCUT2D eigenvalue weighted by atomic mass is 10.2. The summed E-state index contributed by atoms with van der Waals surface area (Å²) < 4.78 is 42.6. The smallest absolute Gasteiger partial charge is 0.417 e. The quantitative estimate of drug-likeness (QED) is 0.152. The Morgan fingerprint density at radius 2 is 0.864 bits per heavy atom. The zero-order valence-corrected chi connectivity index (χ0v) is 45.9. The first-order valence-electron chi connectivity index (χ1n) is 22.4. The summed E-state index contributed by atoms with van der Waals surface area (Å²) in [4.78, 5) is 88.6. The third-order valence-electron chi connectivity index (χ3n) is 11.6. The summed E-state index contributed by atoms with van der Waals surface area (Å²) in [5.74, 6) is -2.16. The molecule has 4 amide bonds. The van der Waals surface area contributed by atoms with E-state index in [1.165, 1.54) is 31.1 Å². The normalized spacial score (nSPS) is 22.9.